The first-order valence-electron chi connectivity index (χ1n) is 7.70. The van der Waals surface area contributed by atoms with Crippen LogP contribution in [0.15, 0.2) is 22.6 Å². The van der Waals surface area contributed by atoms with E-state index in [2.05, 4.69) is 20.1 Å². The Morgan fingerprint density at radius 3 is 2.83 bits per heavy atom. The van der Waals surface area contributed by atoms with Crippen molar-refractivity contribution in [1.29, 1.82) is 0 Å². The highest BCUT2D eigenvalue weighted by Crippen LogP contribution is 2.32. The summed E-state index contributed by atoms with van der Waals surface area (Å²) in [4.78, 5) is 6.82. The SMILES string of the molecule is COC[C@@H]1CN(Cc2cccc(OC)n2)C[C@H]1c1nnc(C)o1. The number of rotatable bonds is 6. The lowest BCUT2D eigenvalue weighted by Gasteiger charge is -2.15. The Balaban J connectivity index is 1.71. The normalized spacial score (nSPS) is 21.7. The van der Waals surface area contributed by atoms with Crippen molar-refractivity contribution in [3.8, 4) is 5.88 Å². The molecule has 2 atom stereocenters. The summed E-state index contributed by atoms with van der Waals surface area (Å²) in [7, 11) is 3.35. The predicted molar refractivity (Wildman–Crippen MR) is 83.2 cm³/mol. The van der Waals surface area contributed by atoms with Crippen LogP contribution in [0.5, 0.6) is 5.88 Å². The minimum absolute atomic E-state index is 0.196. The zero-order valence-electron chi connectivity index (χ0n) is 13.7. The van der Waals surface area contributed by atoms with Gasteiger partial charge in [-0.2, -0.15) is 0 Å². The average Bonchev–Trinajstić information content (AvgIpc) is 3.14. The lowest BCUT2D eigenvalue weighted by molar-refractivity contribution is 0.143. The van der Waals surface area contributed by atoms with Crippen molar-refractivity contribution in [2.45, 2.75) is 19.4 Å². The fraction of sp³-hybridized carbons (Fsp3) is 0.562. The van der Waals surface area contributed by atoms with Gasteiger partial charge in [0.05, 0.1) is 25.3 Å². The van der Waals surface area contributed by atoms with Crippen molar-refractivity contribution in [1.82, 2.24) is 20.1 Å². The average molecular weight is 318 g/mol. The Bertz CT molecular complexity index is 646. The van der Waals surface area contributed by atoms with Gasteiger partial charge >= 0.3 is 0 Å². The zero-order valence-corrected chi connectivity index (χ0v) is 13.7. The molecule has 0 saturated carbocycles. The summed E-state index contributed by atoms with van der Waals surface area (Å²) in [6, 6.07) is 5.83. The number of methoxy groups -OCH3 is 2. The second-order valence-corrected chi connectivity index (χ2v) is 5.85. The number of nitrogens with zero attached hydrogens (tertiary/aromatic N) is 4. The number of hydrogen-bond acceptors (Lipinski definition) is 7. The Labute approximate surface area is 135 Å². The van der Waals surface area contributed by atoms with Gasteiger partial charge < -0.3 is 13.9 Å². The number of aromatic nitrogens is 3. The third-order valence-corrected chi connectivity index (χ3v) is 4.13. The molecule has 0 amide bonds. The van der Waals surface area contributed by atoms with Crippen molar-refractivity contribution in [2.75, 3.05) is 33.9 Å². The number of likely N-dealkylation sites (tertiary alicyclic amines) is 1. The van der Waals surface area contributed by atoms with Gasteiger partial charge in [0.25, 0.3) is 0 Å². The summed E-state index contributed by atoms with van der Waals surface area (Å²) in [6.07, 6.45) is 0. The molecule has 2 aromatic rings. The summed E-state index contributed by atoms with van der Waals surface area (Å²) in [5.74, 6) is 2.47. The van der Waals surface area contributed by atoms with Crippen molar-refractivity contribution in [2.24, 2.45) is 5.92 Å². The molecule has 0 radical (unpaired) electrons. The highest BCUT2D eigenvalue weighted by atomic mass is 16.5. The largest absolute Gasteiger partial charge is 0.481 e. The van der Waals surface area contributed by atoms with E-state index in [0.29, 0.717) is 30.2 Å². The van der Waals surface area contributed by atoms with E-state index in [1.165, 1.54) is 0 Å². The quantitative estimate of drug-likeness (QED) is 0.801. The predicted octanol–water partition coefficient (Wildman–Crippen LogP) is 1.64. The van der Waals surface area contributed by atoms with Gasteiger partial charge in [-0.05, 0) is 6.07 Å². The molecule has 0 aliphatic carbocycles. The summed E-state index contributed by atoms with van der Waals surface area (Å²) in [6.45, 7) is 5.03. The fourth-order valence-corrected chi connectivity index (χ4v) is 3.10. The topological polar surface area (TPSA) is 73.5 Å². The van der Waals surface area contributed by atoms with Crippen molar-refractivity contribution >= 4 is 0 Å². The molecular formula is C16H22N4O3. The first-order chi connectivity index (χ1) is 11.2. The Kier molecular flexibility index (Phi) is 4.88. The lowest BCUT2D eigenvalue weighted by atomic mass is 9.97. The number of aryl methyl sites for hydroxylation is 1. The molecule has 0 unspecified atom stereocenters. The van der Waals surface area contributed by atoms with Gasteiger partial charge in [-0.25, -0.2) is 4.98 Å². The van der Waals surface area contributed by atoms with Gasteiger partial charge in [0.1, 0.15) is 0 Å². The summed E-state index contributed by atoms with van der Waals surface area (Å²) in [5, 5.41) is 8.15. The van der Waals surface area contributed by atoms with Crippen LogP contribution in [0.25, 0.3) is 0 Å². The van der Waals surface area contributed by atoms with E-state index in [9.17, 15) is 0 Å². The monoisotopic (exact) mass is 318 g/mol. The number of hydrogen-bond donors (Lipinski definition) is 0. The molecule has 0 spiro atoms. The number of pyridine rings is 1. The van der Waals surface area contributed by atoms with E-state index >= 15 is 0 Å². The molecule has 1 aliphatic heterocycles. The van der Waals surface area contributed by atoms with E-state index in [-0.39, 0.29) is 5.92 Å². The highest BCUT2D eigenvalue weighted by molar-refractivity contribution is 5.16. The molecule has 3 rings (SSSR count). The van der Waals surface area contributed by atoms with Gasteiger partial charge in [-0.3, -0.25) is 4.90 Å². The molecule has 0 bridgehead atoms. The van der Waals surface area contributed by atoms with E-state index in [0.717, 1.165) is 25.3 Å². The van der Waals surface area contributed by atoms with Crippen LogP contribution in [0.3, 0.4) is 0 Å². The Morgan fingerprint density at radius 1 is 1.26 bits per heavy atom. The molecule has 23 heavy (non-hydrogen) atoms. The van der Waals surface area contributed by atoms with Gasteiger partial charge in [0.15, 0.2) is 0 Å². The van der Waals surface area contributed by atoms with Crippen molar-refractivity contribution < 1.29 is 13.9 Å². The third-order valence-electron chi connectivity index (χ3n) is 4.13. The Hall–Kier alpha value is -1.99. The zero-order chi connectivity index (χ0) is 16.2. The molecule has 2 aromatic heterocycles. The summed E-state index contributed by atoms with van der Waals surface area (Å²) >= 11 is 0. The van der Waals surface area contributed by atoms with Crippen LogP contribution in [0.1, 0.15) is 23.4 Å². The van der Waals surface area contributed by atoms with E-state index < -0.39 is 0 Å². The van der Waals surface area contributed by atoms with Crippen LogP contribution >= 0.6 is 0 Å². The van der Waals surface area contributed by atoms with E-state index in [1.807, 2.05) is 25.1 Å². The molecule has 0 N–H and O–H groups in total. The van der Waals surface area contributed by atoms with Crippen LogP contribution in [-0.2, 0) is 11.3 Å². The molecule has 1 saturated heterocycles. The van der Waals surface area contributed by atoms with Crippen LogP contribution < -0.4 is 4.74 Å². The van der Waals surface area contributed by atoms with Crippen molar-refractivity contribution in [3.05, 3.63) is 35.7 Å². The maximum Gasteiger partial charge on any atom is 0.221 e. The second kappa shape index (κ2) is 7.06. The molecule has 124 valence electrons. The second-order valence-electron chi connectivity index (χ2n) is 5.85. The molecule has 7 nitrogen and oxygen atoms in total. The van der Waals surface area contributed by atoms with Crippen LogP contribution in [0.4, 0.5) is 0 Å². The lowest BCUT2D eigenvalue weighted by Crippen LogP contribution is -2.21. The third kappa shape index (κ3) is 3.68. The highest BCUT2D eigenvalue weighted by Gasteiger charge is 2.37. The first kappa shape index (κ1) is 15.9. The molecule has 3 heterocycles. The fourth-order valence-electron chi connectivity index (χ4n) is 3.10. The Morgan fingerprint density at radius 2 is 2.13 bits per heavy atom. The molecular weight excluding hydrogens is 296 g/mol. The minimum atomic E-state index is 0.196. The minimum Gasteiger partial charge on any atom is -0.481 e. The molecule has 1 aliphatic rings. The summed E-state index contributed by atoms with van der Waals surface area (Å²) in [5.41, 5.74) is 0.989. The van der Waals surface area contributed by atoms with Gasteiger partial charge in [0.2, 0.25) is 17.7 Å². The van der Waals surface area contributed by atoms with E-state index in [4.69, 9.17) is 13.9 Å². The maximum absolute atomic E-state index is 5.64. The molecule has 0 aromatic carbocycles. The molecule has 1 fully saturated rings. The van der Waals surface area contributed by atoms with Gasteiger partial charge in [-0.1, -0.05) is 6.07 Å². The maximum atomic E-state index is 5.64. The standard InChI is InChI=1S/C16H22N4O3/c1-11-18-19-16(23-11)14-9-20(7-12(14)10-21-2)8-13-5-4-6-15(17-13)22-3/h4-6,12,14H,7-10H2,1-3H3/t12-,14+/m0/s1. The van der Waals surface area contributed by atoms with E-state index in [1.54, 1.807) is 14.2 Å². The first-order valence-corrected chi connectivity index (χ1v) is 7.70. The number of ether oxygens (including phenoxy) is 2. The summed E-state index contributed by atoms with van der Waals surface area (Å²) < 4.78 is 16.2. The molecule has 7 heteroatoms. The van der Waals surface area contributed by atoms with Crippen LogP contribution in [0, 0.1) is 12.8 Å². The van der Waals surface area contributed by atoms with Crippen LogP contribution in [0.2, 0.25) is 0 Å². The van der Waals surface area contributed by atoms with Gasteiger partial charge in [0, 0.05) is 45.7 Å². The van der Waals surface area contributed by atoms with Gasteiger partial charge in [-0.15, -0.1) is 10.2 Å². The smallest absolute Gasteiger partial charge is 0.221 e. The van der Waals surface area contributed by atoms with Crippen LogP contribution in [-0.4, -0.2) is 54.0 Å². The van der Waals surface area contributed by atoms with Crippen molar-refractivity contribution in [3.63, 3.8) is 0 Å².